The quantitative estimate of drug-likeness (QED) is 0.433. The highest BCUT2D eigenvalue weighted by molar-refractivity contribution is 5.75. The summed E-state index contributed by atoms with van der Waals surface area (Å²) in [7, 11) is 1.31. The van der Waals surface area contributed by atoms with Crippen molar-refractivity contribution in [1.29, 1.82) is 0 Å². The maximum atomic E-state index is 10.5. The van der Waals surface area contributed by atoms with E-state index in [9.17, 15) is 4.79 Å². The summed E-state index contributed by atoms with van der Waals surface area (Å²) in [6, 6.07) is -0.549. The van der Waals surface area contributed by atoms with Crippen molar-refractivity contribution in [2.75, 3.05) is 7.11 Å². The van der Waals surface area contributed by atoms with Gasteiger partial charge in [0.05, 0.1) is 7.11 Å². The molecular formula is C6H11NO2. The van der Waals surface area contributed by atoms with Crippen LogP contribution in [-0.4, -0.2) is 19.1 Å². The molecule has 0 aliphatic rings. The number of rotatable bonds is 3. The second-order valence-corrected chi connectivity index (χ2v) is 1.65. The highest BCUT2D eigenvalue weighted by Crippen LogP contribution is 1.89. The molecule has 0 saturated carbocycles. The van der Waals surface area contributed by atoms with Crippen LogP contribution in [0.3, 0.4) is 0 Å². The first-order chi connectivity index (χ1) is 4.22. The molecule has 0 aliphatic carbocycles. The summed E-state index contributed by atoms with van der Waals surface area (Å²) in [5.41, 5.74) is 5.29. The van der Waals surface area contributed by atoms with Crippen LogP contribution < -0.4 is 5.73 Å². The van der Waals surface area contributed by atoms with E-state index in [0.29, 0.717) is 6.42 Å². The molecule has 0 aromatic heterocycles. The van der Waals surface area contributed by atoms with Crippen molar-refractivity contribution >= 4 is 5.97 Å². The van der Waals surface area contributed by atoms with E-state index in [2.05, 4.69) is 11.3 Å². The SMILES string of the molecule is C=CC[C@@H](N)C(=O)OC. The third kappa shape index (κ3) is 2.87. The van der Waals surface area contributed by atoms with Gasteiger partial charge in [0.1, 0.15) is 6.04 Å². The van der Waals surface area contributed by atoms with Gasteiger partial charge in [-0.25, -0.2) is 0 Å². The van der Waals surface area contributed by atoms with E-state index in [4.69, 9.17) is 5.73 Å². The zero-order chi connectivity index (χ0) is 7.28. The summed E-state index contributed by atoms with van der Waals surface area (Å²) in [5.74, 6) is -0.394. The number of esters is 1. The summed E-state index contributed by atoms with van der Waals surface area (Å²) < 4.78 is 4.35. The van der Waals surface area contributed by atoms with Gasteiger partial charge in [-0.2, -0.15) is 0 Å². The number of hydrogen-bond donors (Lipinski definition) is 1. The van der Waals surface area contributed by atoms with E-state index in [1.165, 1.54) is 7.11 Å². The molecule has 0 unspecified atom stereocenters. The van der Waals surface area contributed by atoms with Gasteiger partial charge in [-0.1, -0.05) is 6.08 Å². The van der Waals surface area contributed by atoms with E-state index in [0.717, 1.165) is 0 Å². The number of ether oxygens (including phenoxy) is 1. The van der Waals surface area contributed by atoms with Gasteiger partial charge in [0.2, 0.25) is 0 Å². The average molecular weight is 129 g/mol. The molecule has 0 rings (SSSR count). The van der Waals surface area contributed by atoms with E-state index < -0.39 is 12.0 Å². The van der Waals surface area contributed by atoms with Crippen molar-refractivity contribution in [2.45, 2.75) is 12.5 Å². The topological polar surface area (TPSA) is 52.3 Å². The number of nitrogens with two attached hydrogens (primary N) is 1. The van der Waals surface area contributed by atoms with Crippen molar-refractivity contribution < 1.29 is 9.53 Å². The minimum absolute atomic E-state index is 0.394. The second-order valence-electron chi connectivity index (χ2n) is 1.65. The zero-order valence-electron chi connectivity index (χ0n) is 5.46. The first-order valence-corrected chi connectivity index (χ1v) is 2.66. The Morgan fingerprint density at radius 2 is 2.56 bits per heavy atom. The summed E-state index contributed by atoms with van der Waals surface area (Å²) in [6.07, 6.45) is 2.05. The number of hydrogen-bond acceptors (Lipinski definition) is 3. The minimum Gasteiger partial charge on any atom is -0.468 e. The van der Waals surface area contributed by atoms with Crippen LogP contribution in [0, 0.1) is 0 Å². The maximum Gasteiger partial charge on any atom is 0.322 e. The Morgan fingerprint density at radius 3 is 2.89 bits per heavy atom. The number of carbonyl (C=O) groups excluding carboxylic acids is 1. The Morgan fingerprint density at radius 1 is 2.00 bits per heavy atom. The Balaban J connectivity index is 3.58. The van der Waals surface area contributed by atoms with Gasteiger partial charge in [0.15, 0.2) is 0 Å². The third-order valence-corrected chi connectivity index (χ3v) is 0.925. The Kier molecular flexibility index (Phi) is 3.71. The van der Waals surface area contributed by atoms with Gasteiger partial charge in [-0.15, -0.1) is 6.58 Å². The minimum atomic E-state index is -0.549. The fourth-order valence-electron chi connectivity index (χ4n) is 0.427. The molecule has 0 bridgehead atoms. The standard InChI is InChI=1S/C6H11NO2/c1-3-4-5(7)6(8)9-2/h3,5H,1,4,7H2,2H3/t5-/m1/s1. The van der Waals surface area contributed by atoms with Crippen LogP contribution >= 0.6 is 0 Å². The monoisotopic (exact) mass is 129 g/mol. The highest BCUT2D eigenvalue weighted by Gasteiger charge is 2.09. The lowest BCUT2D eigenvalue weighted by atomic mass is 10.2. The Labute approximate surface area is 54.5 Å². The molecule has 9 heavy (non-hydrogen) atoms. The smallest absolute Gasteiger partial charge is 0.322 e. The normalized spacial score (nSPS) is 12.2. The van der Waals surface area contributed by atoms with Crippen LogP contribution in [0.2, 0.25) is 0 Å². The Bertz CT molecular complexity index is 112. The highest BCUT2D eigenvalue weighted by atomic mass is 16.5. The first-order valence-electron chi connectivity index (χ1n) is 2.66. The molecule has 3 heteroatoms. The fraction of sp³-hybridized carbons (Fsp3) is 0.500. The predicted octanol–water partition coefficient (Wildman–Crippen LogP) is 0.0628. The van der Waals surface area contributed by atoms with Crippen LogP contribution in [-0.2, 0) is 9.53 Å². The largest absolute Gasteiger partial charge is 0.468 e. The fourth-order valence-corrected chi connectivity index (χ4v) is 0.427. The van der Waals surface area contributed by atoms with Crippen molar-refractivity contribution in [3.8, 4) is 0 Å². The molecule has 0 heterocycles. The van der Waals surface area contributed by atoms with Gasteiger partial charge in [-0.05, 0) is 6.42 Å². The molecule has 2 N–H and O–H groups in total. The van der Waals surface area contributed by atoms with E-state index in [-0.39, 0.29) is 0 Å². The number of carbonyl (C=O) groups is 1. The lowest BCUT2D eigenvalue weighted by Crippen LogP contribution is -2.30. The molecule has 0 aromatic carbocycles. The lowest BCUT2D eigenvalue weighted by Gasteiger charge is -2.03. The van der Waals surface area contributed by atoms with Gasteiger partial charge < -0.3 is 10.5 Å². The molecule has 0 amide bonds. The van der Waals surface area contributed by atoms with Crippen molar-refractivity contribution in [3.63, 3.8) is 0 Å². The van der Waals surface area contributed by atoms with Crippen LogP contribution in [0.4, 0.5) is 0 Å². The van der Waals surface area contributed by atoms with Crippen LogP contribution in [0.15, 0.2) is 12.7 Å². The van der Waals surface area contributed by atoms with Crippen molar-refractivity contribution in [2.24, 2.45) is 5.73 Å². The second kappa shape index (κ2) is 4.09. The number of methoxy groups -OCH3 is 1. The van der Waals surface area contributed by atoms with Crippen LogP contribution in [0.1, 0.15) is 6.42 Å². The molecule has 52 valence electrons. The maximum absolute atomic E-state index is 10.5. The Hall–Kier alpha value is -0.830. The van der Waals surface area contributed by atoms with Gasteiger partial charge in [-0.3, -0.25) is 4.79 Å². The van der Waals surface area contributed by atoms with Crippen molar-refractivity contribution in [3.05, 3.63) is 12.7 Å². The van der Waals surface area contributed by atoms with E-state index in [1.807, 2.05) is 0 Å². The molecular weight excluding hydrogens is 118 g/mol. The molecule has 1 atom stereocenters. The van der Waals surface area contributed by atoms with Gasteiger partial charge >= 0.3 is 5.97 Å². The molecule has 0 radical (unpaired) electrons. The molecule has 0 aliphatic heterocycles. The van der Waals surface area contributed by atoms with Crippen molar-refractivity contribution in [1.82, 2.24) is 0 Å². The first kappa shape index (κ1) is 8.17. The molecule has 0 fully saturated rings. The van der Waals surface area contributed by atoms with E-state index >= 15 is 0 Å². The molecule has 3 nitrogen and oxygen atoms in total. The zero-order valence-corrected chi connectivity index (χ0v) is 5.46. The van der Waals surface area contributed by atoms with Crippen LogP contribution in [0.5, 0.6) is 0 Å². The van der Waals surface area contributed by atoms with Gasteiger partial charge in [0, 0.05) is 0 Å². The third-order valence-electron chi connectivity index (χ3n) is 0.925. The summed E-state index contributed by atoms with van der Waals surface area (Å²) in [4.78, 5) is 10.5. The van der Waals surface area contributed by atoms with Gasteiger partial charge in [0.25, 0.3) is 0 Å². The molecule has 0 spiro atoms. The average Bonchev–Trinajstić information content (AvgIpc) is 1.87. The van der Waals surface area contributed by atoms with E-state index in [1.54, 1.807) is 6.08 Å². The lowest BCUT2D eigenvalue weighted by molar-refractivity contribution is -0.142. The summed E-state index contributed by atoms with van der Waals surface area (Å²) >= 11 is 0. The summed E-state index contributed by atoms with van der Waals surface area (Å²) in [6.45, 7) is 3.43. The summed E-state index contributed by atoms with van der Waals surface area (Å²) in [5, 5.41) is 0. The predicted molar refractivity (Wildman–Crippen MR) is 34.8 cm³/mol. The molecule has 0 aromatic rings. The molecule has 0 saturated heterocycles. The van der Waals surface area contributed by atoms with Crippen LogP contribution in [0.25, 0.3) is 0 Å².